The number of methoxy groups -OCH3 is 1. The van der Waals surface area contributed by atoms with E-state index in [2.05, 4.69) is 9.88 Å². The third-order valence-corrected chi connectivity index (χ3v) is 4.37. The van der Waals surface area contributed by atoms with Crippen LogP contribution in [-0.2, 0) is 14.8 Å². The van der Waals surface area contributed by atoms with Crippen LogP contribution in [0.25, 0.3) is 0 Å². The van der Waals surface area contributed by atoms with Gasteiger partial charge in [0.25, 0.3) is 0 Å². The van der Waals surface area contributed by atoms with E-state index in [0.717, 1.165) is 12.8 Å². The first kappa shape index (κ1) is 14.2. The minimum Gasteiger partial charge on any atom is -0.409 e. The molecular formula is C9H19N3O4S. The Morgan fingerprint density at radius 2 is 2.12 bits per heavy atom. The Morgan fingerprint density at radius 3 is 2.59 bits per heavy atom. The van der Waals surface area contributed by atoms with Crippen molar-refractivity contribution < 1.29 is 18.4 Å². The predicted molar refractivity (Wildman–Crippen MR) is 63.4 cm³/mol. The molecule has 7 nitrogen and oxygen atoms in total. The van der Waals surface area contributed by atoms with Crippen molar-refractivity contribution in [1.82, 2.24) is 4.72 Å². The van der Waals surface area contributed by atoms with E-state index in [4.69, 9.17) is 15.7 Å². The fraction of sp³-hybridized carbons (Fsp3) is 0.889. The summed E-state index contributed by atoms with van der Waals surface area (Å²) in [5, 5.41) is 11.7. The van der Waals surface area contributed by atoms with Gasteiger partial charge in [0.15, 0.2) is 5.84 Å². The minimum atomic E-state index is -3.49. The summed E-state index contributed by atoms with van der Waals surface area (Å²) in [4.78, 5) is 0. The summed E-state index contributed by atoms with van der Waals surface area (Å²) in [5.74, 6) is -0.208. The molecular weight excluding hydrogens is 246 g/mol. The zero-order valence-electron chi connectivity index (χ0n) is 9.85. The van der Waals surface area contributed by atoms with Crippen LogP contribution in [0, 0.1) is 0 Å². The van der Waals surface area contributed by atoms with Gasteiger partial charge in [-0.3, -0.25) is 0 Å². The molecule has 0 radical (unpaired) electrons. The molecule has 4 N–H and O–H groups in total. The monoisotopic (exact) mass is 265 g/mol. The van der Waals surface area contributed by atoms with Crippen LogP contribution in [0.5, 0.6) is 0 Å². The lowest BCUT2D eigenvalue weighted by atomic mass is 9.98. The highest BCUT2D eigenvalue weighted by Gasteiger charge is 2.41. The highest BCUT2D eigenvalue weighted by atomic mass is 32.2. The number of sulfonamides is 1. The first-order valence-electron chi connectivity index (χ1n) is 5.44. The van der Waals surface area contributed by atoms with Crippen LogP contribution in [0.2, 0.25) is 0 Å². The SMILES string of the molecule is COCCS(=O)(=O)NC1(/C(N)=N/O)CCCC1. The molecule has 0 aromatic heterocycles. The Labute approximate surface area is 101 Å². The van der Waals surface area contributed by atoms with Crippen molar-refractivity contribution in [3.8, 4) is 0 Å². The molecule has 17 heavy (non-hydrogen) atoms. The van der Waals surface area contributed by atoms with E-state index in [0.29, 0.717) is 12.8 Å². The van der Waals surface area contributed by atoms with Crippen LogP contribution in [0.1, 0.15) is 25.7 Å². The molecule has 0 bridgehead atoms. The Hall–Kier alpha value is -0.860. The Morgan fingerprint density at radius 1 is 1.53 bits per heavy atom. The highest BCUT2D eigenvalue weighted by Crippen LogP contribution is 2.30. The number of amidine groups is 1. The van der Waals surface area contributed by atoms with Gasteiger partial charge < -0.3 is 15.7 Å². The van der Waals surface area contributed by atoms with Crippen molar-refractivity contribution in [2.24, 2.45) is 10.9 Å². The lowest BCUT2D eigenvalue weighted by molar-refractivity contribution is 0.216. The summed E-state index contributed by atoms with van der Waals surface area (Å²) >= 11 is 0. The number of oxime groups is 1. The van der Waals surface area contributed by atoms with Crippen molar-refractivity contribution in [2.75, 3.05) is 19.5 Å². The third-order valence-electron chi connectivity index (χ3n) is 2.96. The summed E-state index contributed by atoms with van der Waals surface area (Å²) < 4.78 is 30.8. The fourth-order valence-electron chi connectivity index (χ4n) is 2.03. The summed E-state index contributed by atoms with van der Waals surface area (Å²) in [5.41, 5.74) is 4.66. The van der Waals surface area contributed by atoms with Gasteiger partial charge in [0.2, 0.25) is 10.0 Å². The van der Waals surface area contributed by atoms with Gasteiger partial charge in [-0.1, -0.05) is 18.0 Å². The van der Waals surface area contributed by atoms with E-state index in [-0.39, 0.29) is 18.2 Å². The molecule has 0 unspecified atom stereocenters. The zero-order valence-corrected chi connectivity index (χ0v) is 10.7. The maximum Gasteiger partial charge on any atom is 0.214 e. The lowest BCUT2D eigenvalue weighted by Crippen LogP contribution is -2.56. The Balaban J connectivity index is 2.81. The highest BCUT2D eigenvalue weighted by molar-refractivity contribution is 7.89. The van der Waals surface area contributed by atoms with Crippen LogP contribution in [0.15, 0.2) is 5.16 Å². The molecule has 0 atom stereocenters. The number of hydrogen-bond acceptors (Lipinski definition) is 5. The number of rotatable bonds is 6. The van der Waals surface area contributed by atoms with E-state index in [1.54, 1.807) is 0 Å². The number of nitrogens with zero attached hydrogens (tertiary/aromatic N) is 1. The summed E-state index contributed by atoms with van der Waals surface area (Å²) in [7, 11) is -2.05. The molecule has 0 aromatic rings. The van der Waals surface area contributed by atoms with Gasteiger partial charge in [-0.05, 0) is 12.8 Å². The van der Waals surface area contributed by atoms with Gasteiger partial charge in [0.1, 0.15) is 0 Å². The van der Waals surface area contributed by atoms with Crippen LogP contribution in [0.4, 0.5) is 0 Å². The molecule has 1 fully saturated rings. The number of ether oxygens (including phenoxy) is 1. The molecule has 1 rings (SSSR count). The van der Waals surface area contributed by atoms with Gasteiger partial charge in [-0.15, -0.1) is 0 Å². The maximum atomic E-state index is 11.8. The molecule has 0 aliphatic heterocycles. The van der Waals surface area contributed by atoms with E-state index >= 15 is 0 Å². The number of nitrogens with two attached hydrogens (primary N) is 1. The van der Waals surface area contributed by atoms with E-state index < -0.39 is 15.6 Å². The van der Waals surface area contributed by atoms with E-state index in [1.807, 2.05) is 0 Å². The second-order valence-electron chi connectivity index (χ2n) is 4.19. The largest absolute Gasteiger partial charge is 0.409 e. The van der Waals surface area contributed by atoms with E-state index in [9.17, 15) is 8.42 Å². The minimum absolute atomic E-state index is 0.0732. The summed E-state index contributed by atoms with van der Waals surface area (Å²) in [6.07, 6.45) is 2.80. The van der Waals surface area contributed by atoms with Crippen molar-refractivity contribution in [2.45, 2.75) is 31.2 Å². The fourth-order valence-corrected chi connectivity index (χ4v) is 3.42. The molecule has 0 spiro atoms. The zero-order chi connectivity index (χ0) is 12.9. The molecule has 0 heterocycles. The van der Waals surface area contributed by atoms with E-state index in [1.165, 1.54) is 7.11 Å². The van der Waals surface area contributed by atoms with Crippen molar-refractivity contribution >= 4 is 15.9 Å². The van der Waals surface area contributed by atoms with Crippen LogP contribution >= 0.6 is 0 Å². The summed E-state index contributed by atoms with van der Waals surface area (Å²) in [6.45, 7) is 0.113. The van der Waals surface area contributed by atoms with Gasteiger partial charge in [-0.2, -0.15) is 0 Å². The second kappa shape index (κ2) is 5.65. The molecule has 0 saturated heterocycles. The summed E-state index contributed by atoms with van der Waals surface area (Å²) in [6, 6.07) is 0. The third kappa shape index (κ3) is 3.55. The average Bonchev–Trinajstić information content (AvgIpc) is 2.74. The normalized spacial score (nSPS) is 20.6. The second-order valence-corrected chi connectivity index (χ2v) is 6.03. The lowest BCUT2D eigenvalue weighted by Gasteiger charge is -2.28. The molecule has 0 aromatic carbocycles. The van der Waals surface area contributed by atoms with Crippen molar-refractivity contribution in [3.63, 3.8) is 0 Å². The van der Waals surface area contributed by atoms with Crippen molar-refractivity contribution in [1.29, 1.82) is 0 Å². The maximum absolute atomic E-state index is 11.8. The first-order valence-corrected chi connectivity index (χ1v) is 7.09. The standard InChI is InChI=1S/C9H19N3O4S/c1-16-6-7-17(14,15)12-9(8(10)11-13)4-2-3-5-9/h12-13H,2-7H2,1H3,(H2,10,11). The molecule has 8 heteroatoms. The van der Waals surface area contributed by atoms with Crippen molar-refractivity contribution in [3.05, 3.63) is 0 Å². The number of hydrogen-bond donors (Lipinski definition) is 3. The van der Waals surface area contributed by atoms with Crippen LogP contribution in [0.3, 0.4) is 0 Å². The molecule has 1 aliphatic carbocycles. The first-order chi connectivity index (χ1) is 7.96. The molecule has 100 valence electrons. The quantitative estimate of drug-likeness (QED) is 0.262. The van der Waals surface area contributed by atoms with Gasteiger partial charge in [0.05, 0.1) is 17.9 Å². The van der Waals surface area contributed by atoms with Gasteiger partial charge >= 0.3 is 0 Å². The molecule has 1 aliphatic rings. The van der Waals surface area contributed by atoms with Crippen LogP contribution < -0.4 is 10.5 Å². The molecule has 0 amide bonds. The number of nitrogens with one attached hydrogen (secondary N) is 1. The topological polar surface area (TPSA) is 114 Å². The van der Waals surface area contributed by atoms with Gasteiger partial charge in [-0.25, -0.2) is 13.1 Å². The predicted octanol–water partition coefficient (Wildman–Crippen LogP) is -0.389. The molecule has 1 saturated carbocycles. The van der Waals surface area contributed by atoms with Crippen LogP contribution in [-0.4, -0.2) is 44.5 Å². The Kier molecular flexibility index (Phi) is 4.72. The average molecular weight is 265 g/mol. The smallest absolute Gasteiger partial charge is 0.214 e. The Bertz CT molecular complexity index is 374. The van der Waals surface area contributed by atoms with Gasteiger partial charge in [0, 0.05) is 7.11 Å².